The number of anilines is 1. The van der Waals surface area contributed by atoms with E-state index in [-0.39, 0.29) is 5.75 Å². The topological polar surface area (TPSA) is 47.3 Å². The summed E-state index contributed by atoms with van der Waals surface area (Å²) >= 11 is 7.26. The molecule has 0 aliphatic heterocycles. The molecule has 0 unspecified atom stereocenters. The maximum atomic E-state index is 12.1. The summed E-state index contributed by atoms with van der Waals surface area (Å²) in [6.07, 6.45) is -4.71. The van der Waals surface area contributed by atoms with Crippen molar-refractivity contribution >= 4 is 40.3 Å². The first-order valence-electron chi connectivity index (χ1n) is 6.25. The first-order valence-corrected chi connectivity index (χ1v) is 7.44. The summed E-state index contributed by atoms with van der Waals surface area (Å²) < 4.78 is 48.2. The number of fused-ring (bicyclic) bond motifs is 1. The smallest absolute Gasteiger partial charge is 0.406 e. The zero-order valence-electron chi connectivity index (χ0n) is 11.2. The number of nitrogens with one attached hydrogen (secondary N) is 1. The fourth-order valence-corrected chi connectivity index (χ4v) is 2.72. The molecule has 0 fully saturated rings. The summed E-state index contributed by atoms with van der Waals surface area (Å²) in [4.78, 5) is 0.669. The van der Waals surface area contributed by atoms with Crippen molar-refractivity contribution in [3.05, 3.63) is 47.5 Å². The van der Waals surface area contributed by atoms with Gasteiger partial charge in [0.2, 0.25) is 0 Å². The molecule has 0 atom stereocenters. The molecular formula is C14H8ClF3N2O2S. The summed E-state index contributed by atoms with van der Waals surface area (Å²) in [6.45, 7) is 0. The summed E-state index contributed by atoms with van der Waals surface area (Å²) in [5.74, 6) is 0.156. The lowest BCUT2D eigenvalue weighted by atomic mass is 10.2. The lowest BCUT2D eigenvalue weighted by Crippen LogP contribution is -2.16. The molecular weight excluding hydrogens is 353 g/mol. The predicted molar refractivity (Wildman–Crippen MR) is 81.6 cm³/mol. The number of aromatic nitrogens is 1. The third kappa shape index (κ3) is 3.83. The Kier molecular flexibility index (Phi) is 4.27. The van der Waals surface area contributed by atoms with Crippen LogP contribution in [0.15, 0.2) is 51.9 Å². The van der Waals surface area contributed by atoms with Gasteiger partial charge in [-0.1, -0.05) is 22.8 Å². The number of ether oxygens (including phenoxy) is 1. The van der Waals surface area contributed by atoms with Crippen molar-refractivity contribution in [2.75, 3.05) is 4.72 Å². The van der Waals surface area contributed by atoms with Gasteiger partial charge in [0.15, 0.2) is 11.4 Å². The van der Waals surface area contributed by atoms with Crippen molar-refractivity contribution in [3.8, 4) is 5.75 Å². The second kappa shape index (κ2) is 6.21. The summed E-state index contributed by atoms with van der Waals surface area (Å²) in [6, 6.07) is 10.6. The number of halogens is 4. The Labute approximate surface area is 137 Å². The third-order valence-corrected chi connectivity index (χ3v) is 3.89. The molecule has 0 bridgehead atoms. The quantitative estimate of drug-likeness (QED) is 0.622. The number of hydrogen-bond acceptors (Lipinski definition) is 5. The Morgan fingerprint density at radius 2 is 1.87 bits per heavy atom. The molecule has 0 saturated heterocycles. The van der Waals surface area contributed by atoms with E-state index in [1.54, 1.807) is 18.2 Å². The minimum absolute atomic E-state index is 0.281. The molecule has 2 aromatic carbocycles. The van der Waals surface area contributed by atoms with E-state index in [1.807, 2.05) is 0 Å². The van der Waals surface area contributed by atoms with Crippen molar-refractivity contribution in [1.29, 1.82) is 0 Å². The van der Waals surface area contributed by atoms with Crippen LogP contribution < -0.4 is 9.46 Å². The molecule has 23 heavy (non-hydrogen) atoms. The highest BCUT2D eigenvalue weighted by atomic mass is 35.5. The van der Waals surface area contributed by atoms with E-state index in [4.69, 9.17) is 16.1 Å². The van der Waals surface area contributed by atoms with Gasteiger partial charge in [-0.05, 0) is 48.3 Å². The standard InChI is InChI=1S/C14H8ClF3N2O2S/c15-10-2-1-3-11-12(10)13(19-22-11)20-23-9-6-4-8(5-7-9)21-14(16,17)18/h1-7H,(H,19,20). The van der Waals surface area contributed by atoms with E-state index in [0.717, 1.165) is 11.9 Å². The van der Waals surface area contributed by atoms with E-state index in [0.29, 0.717) is 26.7 Å². The van der Waals surface area contributed by atoms with Crippen LogP contribution in [-0.4, -0.2) is 11.5 Å². The molecule has 0 aliphatic rings. The number of nitrogens with zero attached hydrogens (tertiary/aromatic N) is 1. The van der Waals surface area contributed by atoms with Crippen molar-refractivity contribution in [2.24, 2.45) is 0 Å². The predicted octanol–water partition coefficient (Wildman–Crippen LogP) is 5.50. The normalized spacial score (nSPS) is 11.7. The number of hydrogen-bond donors (Lipinski definition) is 1. The zero-order valence-corrected chi connectivity index (χ0v) is 12.8. The van der Waals surface area contributed by atoms with Gasteiger partial charge in [0.05, 0.1) is 10.4 Å². The van der Waals surface area contributed by atoms with Crippen LogP contribution in [0.5, 0.6) is 5.75 Å². The summed E-state index contributed by atoms with van der Waals surface area (Å²) in [7, 11) is 0. The molecule has 0 amide bonds. The maximum absolute atomic E-state index is 12.1. The minimum atomic E-state index is -4.71. The first-order chi connectivity index (χ1) is 10.9. The van der Waals surface area contributed by atoms with Crippen molar-refractivity contribution < 1.29 is 22.4 Å². The van der Waals surface area contributed by atoms with Crippen molar-refractivity contribution in [3.63, 3.8) is 0 Å². The molecule has 0 spiro atoms. The van der Waals surface area contributed by atoms with Crippen molar-refractivity contribution in [2.45, 2.75) is 11.3 Å². The molecule has 3 aromatic rings. The van der Waals surface area contributed by atoms with Gasteiger partial charge in [0, 0.05) is 4.90 Å². The van der Waals surface area contributed by atoms with Crippen LogP contribution in [0, 0.1) is 0 Å². The van der Waals surface area contributed by atoms with Crippen LogP contribution >= 0.6 is 23.5 Å². The Bertz CT molecular complexity index is 821. The van der Waals surface area contributed by atoms with Gasteiger partial charge in [0.25, 0.3) is 0 Å². The van der Waals surface area contributed by atoms with E-state index in [2.05, 4.69) is 14.6 Å². The maximum Gasteiger partial charge on any atom is 0.573 e. The highest BCUT2D eigenvalue weighted by Gasteiger charge is 2.30. The highest BCUT2D eigenvalue weighted by molar-refractivity contribution is 8.00. The van der Waals surface area contributed by atoms with E-state index >= 15 is 0 Å². The molecule has 1 aromatic heterocycles. The lowest BCUT2D eigenvalue weighted by molar-refractivity contribution is -0.274. The van der Waals surface area contributed by atoms with Crippen LogP contribution in [0.1, 0.15) is 0 Å². The number of alkyl halides is 3. The molecule has 4 nitrogen and oxygen atoms in total. The monoisotopic (exact) mass is 360 g/mol. The van der Waals surface area contributed by atoms with E-state index < -0.39 is 6.36 Å². The number of benzene rings is 2. The van der Waals surface area contributed by atoms with Crippen LogP contribution in [0.2, 0.25) is 5.02 Å². The van der Waals surface area contributed by atoms with Crippen molar-refractivity contribution in [1.82, 2.24) is 5.16 Å². The average Bonchev–Trinajstić information content (AvgIpc) is 2.90. The molecule has 1 N–H and O–H groups in total. The Morgan fingerprint density at radius 3 is 2.57 bits per heavy atom. The Hall–Kier alpha value is -2.06. The molecule has 1 heterocycles. The molecule has 120 valence electrons. The van der Waals surface area contributed by atoms with Gasteiger partial charge in [0.1, 0.15) is 5.75 Å². The average molecular weight is 361 g/mol. The summed E-state index contributed by atoms with van der Waals surface area (Å²) in [5.41, 5.74) is 0.537. The fourth-order valence-electron chi connectivity index (χ4n) is 1.84. The van der Waals surface area contributed by atoms with Crippen LogP contribution in [0.4, 0.5) is 19.0 Å². The molecule has 0 radical (unpaired) electrons. The third-order valence-electron chi connectivity index (χ3n) is 2.77. The first kappa shape index (κ1) is 15.8. The minimum Gasteiger partial charge on any atom is -0.406 e. The fraction of sp³-hybridized carbons (Fsp3) is 0.0714. The van der Waals surface area contributed by atoms with Gasteiger partial charge < -0.3 is 14.0 Å². The van der Waals surface area contributed by atoms with Gasteiger partial charge in [-0.2, -0.15) is 0 Å². The van der Waals surface area contributed by atoms with Gasteiger partial charge in [-0.25, -0.2) is 0 Å². The van der Waals surface area contributed by atoms with Gasteiger partial charge in [-0.15, -0.1) is 13.2 Å². The van der Waals surface area contributed by atoms with Crippen LogP contribution in [0.25, 0.3) is 11.0 Å². The van der Waals surface area contributed by atoms with Crippen LogP contribution in [0.3, 0.4) is 0 Å². The number of rotatable bonds is 4. The van der Waals surface area contributed by atoms with Gasteiger partial charge >= 0.3 is 6.36 Å². The zero-order chi connectivity index (χ0) is 16.4. The SMILES string of the molecule is FC(F)(F)Oc1ccc(SNc2noc3cccc(Cl)c23)cc1. The van der Waals surface area contributed by atoms with Crippen LogP contribution in [-0.2, 0) is 0 Å². The molecule has 0 saturated carbocycles. The Balaban J connectivity index is 1.70. The second-order valence-corrected chi connectivity index (χ2v) is 5.65. The van der Waals surface area contributed by atoms with E-state index in [1.165, 1.54) is 24.3 Å². The lowest BCUT2D eigenvalue weighted by Gasteiger charge is -2.09. The largest absolute Gasteiger partial charge is 0.573 e. The molecule has 9 heteroatoms. The highest BCUT2D eigenvalue weighted by Crippen LogP contribution is 2.33. The Morgan fingerprint density at radius 1 is 1.13 bits per heavy atom. The van der Waals surface area contributed by atoms with E-state index in [9.17, 15) is 13.2 Å². The molecule has 3 rings (SSSR count). The second-order valence-electron chi connectivity index (χ2n) is 4.37. The molecule has 0 aliphatic carbocycles. The van der Waals surface area contributed by atoms with Gasteiger partial charge in [-0.3, -0.25) is 0 Å². The summed E-state index contributed by atoms with van der Waals surface area (Å²) in [5, 5.41) is 5.00.